The van der Waals surface area contributed by atoms with Crippen LogP contribution in [0.25, 0.3) is 10.1 Å². The molecule has 2 heterocycles. The lowest BCUT2D eigenvalue weighted by Gasteiger charge is -2.24. The first-order valence-electron chi connectivity index (χ1n) is 12.2. The zero-order chi connectivity index (χ0) is 29.8. The Labute approximate surface area is 239 Å². The van der Waals surface area contributed by atoms with Gasteiger partial charge in [0.25, 0.3) is 0 Å². The largest absolute Gasteiger partial charge is 0.477 e. The molecule has 2 aromatic carbocycles. The van der Waals surface area contributed by atoms with Gasteiger partial charge in [0.15, 0.2) is 6.61 Å². The molecular formula is C26H25F3N4O5S3. The van der Waals surface area contributed by atoms with Gasteiger partial charge < -0.3 is 15.4 Å². The Morgan fingerprint density at radius 1 is 1.15 bits per heavy atom. The molecule has 0 atom stereocenters. The highest BCUT2D eigenvalue weighted by molar-refractivity contribution is 7.91. The highest BCUT2D eigenvalue weighted by Crippen LogP contribution is 2.39. The molecule has 1 saturated heterocycles. The van der Waals surface area contributed by atoms with Gasteiger partial charge in [0.1, 0.15) is 21.7 Å². The summed E-state index contributed by atoms with van der Waals surface area (Å²) < 4.78 is 93.3. The van der Waals surface area contributed by atoms with E-state index < -0.39 is 32.5 Å². The summed E-state index contributed by atoms with van der Waals surface area (Å²) in [7, 11) is -7.08. The Morgan fingerprint density at radius 2 is 1.88 bits per heavy atom. The number of halogens is 3. The number of nitrogens with one attached hydrogen (secondary N) is 2. The summed E-state index contributed by atoms with van der Waals surface area (Å²) in [6.07, 6.45) is -4.81. The van der Waals surface area contributed by atoms with Crippen LogP contribution in [0.1, 0.15) is 23.3 Å². The van der Waals surface area contributed by atoms with E-state index in [1.807, 2.05) is 0 Å². The molecule has 1 aliphatic rings. The molecule has 0 unspecified atom stereocenters. The maximum Gasteiger partial charge on any atom is 0.393 e. The number of benzene rings is 2. The topological polar surface area (TPSA) is 151 Å². The average Bonchev–Trinajstić information content (AvgIpc) is 3.23. The van der Waals surface area contributed by atoms with Crippen molar-refractivity contribution >= 4 is 52.7 Å². The summed E-state index contributed by atoms with van der Waals surface area (Å²) in [5.74, 6) is 5.79. The first-order chi connectivity index (χ1) is 19.3. The van der Waals surface area contributed by atoms with Crippen molar-refractivity contribution in [2.24, 2.45) is 5.14 Å². The van der Waals surface area contributed by atoms with Crippen molar-refractivity contribution in [2.45, 2.75) is 36.4 Å². The number of thiophene rings is 1. The Bertz CT molecular complexity index is 1760. The van der Waals surface area contributed by atoms with Crippen LogP contribution in [0.4, 0.5) is 24.5 Å². The first-order valence-corrected chi connectivity index (χ1v) is 16.4. The number of sulfone groups is 1. The summed E-state index contributed by atoms with van der Waals surface area (Å²) in [5, 5.41) is 20.6. The van der Waals surface area contributed by atoms with E-state index in [1.54, 1.807) is 24.3 Å². The SMILES string of the molecule is N#CCOc1cc(S(N)(=O)=O)ccc1NCC#Cc1sc2c(NC3CCS(=O)(=O)CC3)cccc2c1CC(F)(F)F. The molecule has 1 aromatic heterocycles. The van der Waals surface area contributed by atoms with Crippen LogP contribution < -0.4 is 20.5 Å². The van der Waals surface area contributed by atoms with Crippen LogP contribution in [0.15, 0.2) is 41.3 Å². The third kappa shape index (κ3) is 8.04. The van der Waals surface area contributed by atoms with Crippen molar-refractivity contribution in [1.82, 2.24) is 0 Å². The molecule has 1 fully saturated rings. The number of nitriles is 1. The molecule has 0 aliphatic carbocycles. The molecule has 4 N–H and O–H groups in total. The third-order valence-corrected chi connectivity index (χ3v) is 10.1. The number of sulfonamides is 1. The van der Waals surface area contributed by atoms with Gasteiger partial charge in [-0.1, -0.05) is 24.0 Å². The molecule has 0 amide bonds. The number of rotatable bonds is 8. The lowest BCUT2D eigenvalue weighted by atomic mass is 10.1. The highest BCUT2D eigenvalue weighted by atomic mass is 32.2. The Hall–Kier alpha value is -3.50. The summed E-state index contributed by atoms with van der Waals surface area (Å²) in [6.45, 7) is -0.386. The smallest absolute Gasteiger partial charge is 0.393 e. The van der Waals surface area contributed by atoms with E-state index in [9.17, 15) is 30.0 Å². The quantitative estimate of drug-likeness (QED) is 0.318. The number of ether oxygens (including phenoxy) is 1. The van der Waals surface area contributed by atoms with Crippen LogP contribution in [-0.4, -0.2) is 53.7 Å². The molecule has 1 aliphatic heterocycles. The molecule has 0 spiro atoms. The van der Waals surface area contributed by atoms with E-state index in [1.165, 1.54) is 12.1 Å². The minimum absolute atomic E-state index is 0.0288. The van der Waals surface area contributed by atoms with Gasteiger partial charge in [-0.05, 0) is 42.0 Å². The number of fused-ring (bicyclic) bond motifs is 1. The second kappa shape index (κ2) is 12.2. The molecule has 0 radical (unpaired) electrons. The summed E-state index contributed by atoms with van der Waals surface area (Å²) in [4.78, 5) is 0.0218. The maximum absolute atomic E-state index is 13.5. The molecule has 4 rings (SSSR count). The minimum Gasteiger partial charge on any atom is -0.477 e. The number of nitrogens with two attached hydrogens (primary N) is 1. The molecule has 9 nitrogen and oxygen atoms in total. The van der Waals surface area contributed by atoms with Crippen LogP contribution in [0.3, 0.4) is 0 Å². The summed E-state index contributed by atoms with van der Waals surface area (Å²) in [5.41, 5.74) is 0.992. The number of nitrogens with zero attached hydrogens (tertiary/aromatic N) is 1. The van der Waals surface area contributed by atoms with E-state index in [0.717, 1.165) is 17.4 Å². The normalized spacial score (nSPS) is 15.5. The molecule has 15 heteroatoms. The zero-order valence-corrected chi connectivity index (χ0v) is 23.9. The third-order valence-electron chi connectivity index (χ3n) is 6.25. The number of alkyl halides is 3. The average molecular weight is 627 g/mol. The number of anilines is 2. The fourth-order valence-corrected chi connectivity index (χ4v) is 7.53. The lowest BCUT2D eigenvalue weighted by Crippen LogP contribution is -2.32. The molecule has 0 bridgehead atoms. The Kier molecular flexibility index (Phi) is 9.03. The predicted molar refractivity (Wildman–Crippen MR) is 151 cm³/mol. The molecule has 41 heavy (non-hydrogen) atoms. The number of hydrogen-bond donors (Lipinski definition) is 3. The van der Waals surface area contributed by atoms with Gasteiger partial charge in [-0.15, -0.1) is 11.3 Å². The molecule has 3 aromatic rings. The monoisotopic (exact) mass is 626 g/mol. The molecular weight excluding hydrogens is 602 g/mol. The molecule has 218 valence electrons. The Balaban J connectivity index is 1.60. The van der Waals surface area contributed by atoms with Gasteiger partial charge >= 0.3 is 6.18 Å². The maximum atomic E-state index is 13.5. The first kappa shape index (κ1) is 30.5. The van der Waals surface area contributed by atoms with Crippen molar-refractivity contribution in [3.05, 3.63) is 46.8 Å². The van der Waals surface area contributed by atoms with Gasteiger partial charge in [0.2, 0.25) is 10.0 Å². The van der Waals surface area contributed by atoms with Crippen LogP contribution in [-0.2, 0) is 26.3 Å². The predicted octanol–water partition coefficient (Wildman–Crippen LogP) is 4.01. The van der Waals surface area contributed by atoms with E-state index in [-0.39, 0.29) is 51.8 Å². The van der Waals surface area contributed by atoms with E-state index in [2.05, 4.69) is 22.5 Å². The van der Waals surface area contributed by atoms with Gasteiger partial charge in [-0.2, -0.15) is 18.4 Å². The van der Waals surface area contributed by atoms with Gasteiger partial charge in [0, 0.05) is 12.1 Å². The van der Waals surface area contributed by atoms with Gasteiger partial charge in [-0.3, -0.25) is 0 Å². The van der Waals surface area contributed by atoms with Crippen LogP contribution in [0.5, 0.6) is 5.75 Å². The lowest BCUT2D eigenvalue weighted by molar-refractivity contribution is -0.126. The van der Waals surface area contributed by atoms with Crippen LogP contribution in [0, 0.1) is 23.2 Å². The number of hydrogen-bond acceptors (Lipinski definition) is 9. The molecule has 0 saturated carbocycles. The van der Waals surface area contributed by atoms with Gasteiger partial charge in [0.05, 0.1) is 50.3 Å². The summed E-state index contributed by atoms with van der Waals surface area (Å²) >= 11 is 1.12. The zero-order valence-electron chi connectivity index (χ0n) is 21.4. The fraction of sp³-hybridized carbons (Fsp3) is 0.346. The minimum atomic E-state index is -4.47. The van der Waals surface area contributed by atoms with Crippen molar-refractivity contribution < 1.29 is 34.7 Å². The van der Waals surface area contributed by atoms with E-state index >= 15 is 0 Å². The summed E-state index contributed by atoms with van der Waals surface area (Å²) in [6, 6.07) is 10.5. The van der Waals surface area contributed by atoms with E-state index in [0.29, 0.717) is 34.3 Å². The second-order valence-corrected chi connectivity index (χ2v) is 14.1. The second-order valence-electron chi connectivity index (χ2n) is 9.26. The Morgan fingerprint density at radius 3 is 2.54 bits per heavy atom. The van der Waals surface area contributed by atoms with Crippen LogP contribution in [0.2, 0.25) is 0 Å². The fourth-order valence-electron chi connectivity index (χ4n) is 4.33. The van der Waals surface area contributed by atoms with Crippen molar-refractivity contribution in [3.63, 3.8) is 0 Å². The van der Waals surface area contributed by atoms with Crippen molar-refractivity contribution in [2.75, 3.05) is 35.3 Å². The van der Waals surface area contributed by atoms with Crippen LogP contribution >= 0.6 is 11.3 Å². The van der Waals surface area contributed by atoms with Gasteiger partial charge in [-0.25, -0.2) is 22.0 Å². The number of primary sulfonamides is 1. The van der Waals surface area contributed by atoms with Crippen molar-refractivity contribution in [1.29, 1.82) is 5.26 Å². The van der Waals surface area contributed by atoms with Crippen molar-refractivity contribution in [3.8, 4) is 23.7 Å². The highest BCUT2D eigenvalue weighted by Gasteiger charge is 2.31. The van der Waals surface area contributed by atoms with E-state index in [4.69, 9.17) is 15.1 Å². The standard InChI is InChI=1S/C26H25F3N4O5S3/c27-26(28,29)16-20-19-3-1-4-22(33-17-8-13-40(34,35)14-9-17)25(19)39-24(20)5-2-11-32-21-7-6-18(41(31,36)37)15-23(21)38-12-10-30/h1,3-4,6-7,15,17,32-33H,8-9,11-14,16H2,(H2,31,36,37).